The zero-order valence-corrected chi connectivity index (χ0v) is 12.3. The minimum atomic E-state index is -4.31. The number of hydrogen-bond acceptors (Lipinski definition) is 4. The Hall–Kier alpha value is -1.28. The summed E-state index contributed by atoms with van der Waals surface area (Å²) in [6.07, 6.45) is -4.37. The van der Waals surface area contributed by atoms with Crippen molar-refractivity contribution in [2.45, 2.75) is 37.5 Å². The number of halogens is 3. The Morgan fingerprint density at radius 3 is 2.55 bits per heavy atom. The van der Waals surface area contributed by atoms with Gasteiger partial charge in [-0.1, -0.05) is 0 Å². The SMILES string of the molecule is OC(CN1CCN(c2cc(C3CC3)[nH]n2)CC1)CC(F)(F)F. The quantitative estimate of drug-likeness (QED) is 0.868. The van der Waals surface area contributed by atoms with E-state index in [-0.39, 0.29) is 6.54 Å². The van der Waals surface area contributed by atoms with Crippen molar-refractivity contribution in [3.63, 3.8) is 0 Å². The highest BCUT2D eigenvalue weighted by atomic mass is 19.4. The fourth-order valence-corrected chi connectivity index (χ4v) is 2.88. The van der Waals surface area contributed by atoms with Crippen LogP contribution in [-0.4, -0.2) is 65.2 Å². The predicted octanol–water partition coefficient (Wildman–Crippen LogP) is 1.72. The smallest absolute Gasteiger partial charge is 0.391 e. The lowest BCUT2D eigenvalue weighted by Crippen LogP contribution is -2.49. The monoisotopic (exact) mass is 318 g/mol. The molecule has 2 N–H and O–H groups in total. The van der Waals surface area contributed by atoms with Gasteiger partial charge in [-0.3, -0.25) is 10.00 Å². The first-order valence-electron chi connectivity index (χ1n) is 7.68. The van der Waals surface area contributed by atoms with Gasteiger partial charge in [0.2, 0.25) is 0 Å². The Morgan fingerprint density at radius 1 is 1.27 bits per heavy atom. The van der Waals surface area contributed by atoms with Crippen molar-refractivity contribution >= 4 is 5.82 Å². The van der Waals surface area contributed by atoms with Crippen molar-refractivity contribution in [2.75, 3.05) is 37.6 Å². The van der Waals surface area contributed by atoms with Gasteiger partial charge in [-0.25, -0.2) is 0 Å². The first-order valence-corrected chi connectivity index (χ1v) is 7.68. The van der Waals surface area contributed by atoms with Gasteiger partial charge in [0.1, 0.15) is 0 Å². The van der Waals surface area contributed by atoms with Crippen LogP contribution in [0.15, 0.2) is 6.07 Å². The number of piperazine rings is 1. The molecule has 1 saturated carbocycles. The van der Waals surface area contributed by atoms with Crippen LogP contribution >= 0.6 is 0 Å². The van der Waals surface area contributed by atoms with Crippen molar-refractivity contribution in [3.8, 4) is 0 Å². The van der Waals surface area contributed by atoms with Gasteiger partial charge in [-0.15, -0.1) is 0 Å². The van der Waals surface area contributed by atoms with Gasteiger partial charge in [0.05, 0.1) is 12.5 Å². The van der Waals surface area contributed by atoms with Gasteiger partial charge in [0, 0.05) is 50.4 Å². The Morgan fingerprint density at radius 2 is 1.95 bits per heavy atom. The molecule has 0 radical (unpaired) electrons. The summed E-state index contributed by atoms with van der Waals surface area (Å²) in [5.41, 5.74) is 1.18. The van der Waals surface area contributed by atoms with E-state index in [9.17, 15) is 18.3 Å². The molecule has 1 aliphatic carbocycles. The predicted molar refractivity (Wildman–Crippen MR) is 75.9 cm³/mol. The minimum Gasteiger partial charge on any atom is -0.391 e. The summed E-state index contributed by atoms with van der Waals surface area (Å²) >= 11 is 0. The van der Waals surface area contributed by atoms with E-state index in [1.807, 2.05) is 4.90 Å². The van der Waals surface area contributed by atoms with E-state index >= 15 is 0 Å². The average Bonchev–Trinajstić information content (AvgIpc) is 3.16. The molecule has 1 unspecified atom stereocenters. The molecule has 124 valence electrons. The number of β-amino-alcohol motifs (C(OH)–C–C–N with tert-alkyl or cyclic N) is 1. The molecule has 2 heterocycles. The number of hydrogen-bond donors (Lipinski definition) is 2. The number of anilines is 1. The van der Waals surface area contributed by atoms with Crippen molar-refractivity contribution < 1.29 is 18.3 Å². The number of alkyl halides is 3. The molecule has 0 aromatic carbocycles. The maximum atomic E-state index is 12.2. The molecule has 0 spiro atoms. The van der Waals surface area contributed by atoms with E-state index in [1.54, 1.807) is 0 Å². The number of aliphatic hydroxyl groups excluding tert-OH is 1. The van der Waals surface area contributed by atoms with Gasteiger partial charge in [-0.05, 0) is 12.8 Å². The molecule has 2 fully saturated rings. The summed E-state index contributed by atoms with van der Waals surface area (Å²) in [5.74, 6) is 1.54. The second kappa shape index (κ2) is 6.08. The van der Waals surface area contributed by atoms with E-state index in [1.165, 1.54) is 18.5 Å². The van der Waals surface area contributed by atoms with Gasteiger partial charge < -0.3 is 10.0 Å². The molecule has 1 aliphatic heterocycles. The normalized spacial score (nSPS) is 22.1. The number of aliphatic hydroxyl groups is 1. The molecule has 0 amide bonds. The fourth-order valence-electron chi connectivity index (χ4n) is 2.88. The summed E-state index contributed by atoms with van der Waals surface area (Å²) in [6, 6.07) is 2.08. The molecule has 3 rings (SSSR count). The highest BCUT2D eigenvalue weighted by molar-refractivity contribution is 5.41. The van der Waals surface area contributed by atoms with Crippen molar-refractivity contribution in [2.24, 2.45) is 0 Å². The van der Waals surface area contributed by atoms with Crippen LogP contribution in [0.2, 0.25) is 0 Å². The van der Waals surface area contributed by atoms with Crippen LogP contribution in [0.25, 0.3) is 0 Å². The Bertz CT molecular complexity index is 493. The minimum absolute atomic E-state index is 0.0707. The second-order valence-electron chi connectivity index (χ2n) is 6.22. The standard InChI is InChI=1S/C14H21F3N4O/c15-14(16,17)8-11(22)9-20-3-5-21(6-4-20)13-7-12(18-19-13)10-1-2-10/h7,10-11,22H,1-6,8-9H2,(H,18,19). The van der Waals surface area contributed by atoms with Crippen LogP contribution < -0.4 is 4.90 Å². The van der Waals surface area contributed by atoms with Crippen LogP contribution in [0.4, 0.5) is 19.0 Å². The number of nitrogens with zero attached hydrogens (tertiary/aromatic N) is 3. The number of aromatic amines is 1. The third-order valence-corrected chi connectivity index (χ3v) is 4.23. The highest BCUT2D eigenvalue weighted by Gasteiger charge is 2.32. The van der Waals surface area contributed by atoms with Crippen LogP contribution in [0.5, 0.6) is 0 Å². The Kier molecular flexibility index (Phi) is 4.31. The molecule has 8 heteroatoms. The molecule has 1 atom stereocenters. The van der Waals surface area contributed by atoms with Gasteiger partial charge >= 0.3 is 6.18 Å². The topological polar surface area (TPSA) is 55.4 Å². The van der Waals surface area contributed by atoms with Crippen molar-refractivity contribution in [1.82, 2.24) is 15.1 Å². The van der Waals surface area contributed by atoms with Crippen LogP contribution in [0, 0.1) is 0 Å². The lowest BCUT2D eigenvalue weighted by Gasteiger charge is -2.35. The summed E-state index contributed by atoms with van der Waals surface area (Å²) in [7, 11) is 0. The lowest BCUT2D eigenvalue weighted by molar-refractivity contribution is -0.155. The summed E-state index contributed by atoms with van der Waals surface area (Å²) < 4.78 is 36.7. The van der Waals surface area contributed by atoms with Crippen molar-refractivity contribution in [1.29, 1.82) is 0 Å². The lowest BCUT2D eigenvalue weighted by atomic mass is 10.2. The molecule has 22 heavy (non-hydrogen) atoms. The summed E-state index contributed by atoms with van der Waals surface area (Å²) in [6.45, 7) is 2.78. The number of H-pyrrole nitrogens is 1. The molecule has 1 aromatic rings. The zero-order valence-electron chi connectivity index (χ0n) is 12.3. The Labute approximate surface area is 127 Å². The Balaban J connectivity index is 1.45. The second-order valence-corrected chi connectivity index (χ2v) is 6.22. The fraction of sp³-hybridized carbons (Fsp3) is 0.786. The van der Waals surface area contributed by atoms with Crippen LogP contribution in [-0.2, 0) is 0 Å². The van der Waals surface area contributed by atoms with Crippen LogP contribution in [0.1, 0.15) is 30.9 Å². The van der Waals surface area contributed by atoms with Gasteiger partial charge in [0.25, 0.3) is 0 Å². The maximum Gasteiger partial charge on any atom is 0.391 e. The summed E-state index contributed by atoms with van der Waals surface area (Å²) in [4.78, 5) is 4.01. The molecule has 1 aromatic heterocycles. The molecule has 0 bridgehead atoms. The first-order chi connectivity index (χ1) is 10.4. The van der Waals surface area contributed by atoms with E-state index in [0.29, 0.717) is 32.1 Å². The van der Waals surface area contributed by atoms with E-state index in [0.717, 1.165) is 5.82 Å². The highest BCUT2D eigenvalue weighted by Crippen LogP contribution is 2.39. The van der Waals surface area contributed by atoms with Gasteiger partial charge in [-0.2, -0.15) is 18.3 Å². The summed E-state index contributed by atoms with van der Waals surface area (Å²) in [5, 5.41) is 16.9. The maximum absolute atomic E-state index is 12.2. The van der Waals surface area contributed by atoms with E-state index < -0.39 is 18.7 Å². The third kappa shape index (κ3) is 4.13. The molecule has 2 aliphatic rings. The van der Waals surface area contributed by atoms with Gasteiger partial charge in [0.15, 0.2) is 5.82 Å². The first kappa shape index (κ1) is 15.6. The third-order valence-electron chi connectivity index (χ3n) is 4.23. The van der Waals surface area contributed by atoms with Crippen LogP contribution in [0.3, 0.4) is 0 Å². The van der Waals surface area contributed by atoms with E-state index in [4.69, 9.17) is 0 Å². The average molecular weight is 318 g/mol. The molecule has 5 nitrogen and oxygen atoms in total. The molecule has 1 saturated heterocycles. The largest absolute Gasteiger partial charge is 0.391 e. The number of nitrogens with one attached hydrogen (secondary N) is 1. The zero-order chi connectivity index (χ0) is 15.7. The van der Waals surface area contributed by atoms with E-state index in [2.05, 4.69) is 21.2 Å². The van der Waals surface area contributed by atoms with Crippen molar-refractivity contribution in [3.05, 3.63) is 11.8 Å². The number of rotatable bonds is 5. The molecular formula is C14H21F3N4O. The number of aromatic nitrogens is 2. The molecular weight excluding hydrogens is 297 g/mol.